The van der Waals surface area contributed by atoms with Crippen molar-refractivity contribution in [2.45, 2.75) is 62.8 Å². The molecule has 3 rings (SSSR count). The standard InChI is InChI=1S/C19H32N8O5/c1-19(2,22)4-6-26(5-3-10(20)18(30)31)7-11-13(28)14(29)17(32-11)27-9-25-12-15(21)23-8-24-16(12)27/h8-11,13-14,17,28-29H,3-7,20,22H2,1-2H3,(H,30,31)(H2,21,23,24)/t10?,11-,13-,14-,17-/m1/s1. The first-order valence-corrected chi connectivity index (χ1v) is 10.4. The van der Waals surface area contributed by atoms with Crippen molar-refractivity contribution in [1.29, 1.82) is 0 Å². The monoisotopic (exact) mass is 452 g/mol. The van der Waals surface area contributed by atoms with E-state index >= 15 is 0 Å². The number of aliphatic carboxylic acids is 1. The summed E-state index contributed by atoms with van der Waals surface area (Å²) in [6.07, 6.45) is -0.520. The van der Waals surface area contributed by atoms with Gasteiger partial charge in [-0.1, -0.05) is 0 Å². The predicted molar refractivity (Wildman–Crippen MR) is 115 cm³/mol. The van der Waals surface area contributed by atoms with Gasteiger partial charge >= 0.3 is 5.97 Å². The molecule has 3 heterocycles. The molecule has 0 spiro atoms. The third kappa shape index (κ3) is 5.49. The number of aliphatic hydroxyl groups excluding tert-OH is 2. The van der Waals surface area contributed by atoms with Crippen molar-refractivity contribution in [3.63, 3.8) is 0 Å². The van der Waals surface area contributed by atoms with Crippen LogP contribution in [0.3, 0.4) is 0 Å². The fourth-order valence-corrected chi connectivity index (χ4v) is 3.61. The minimum absolute atomic E-state index is 0.198. The summed E-state index contributed by atoms with van der Waals surface area (Å²) in [4.78, 5) is 25.2. The van der Waals surface area contributed by atoms with Crippen LogP contribution in [0.5, 0.6) is 0 Å². The lowest BCUT2D eigenvalue weighted by Gasteiger charge is -2.30. The highest BCUT2D eigenvalue weighted by Crippen LogP contribution is 2.32. The molecule has 13 heteroatoms. The summed E-state index contributed by atoms with van der Waals surface area (Å²) in [6.45, 7) is 4.95. The molecule has 13 nitrogen and oxygen atoms in total. The number of carboxylic acid groups (broad SMARTS) is 1. The zero-order valence-corrected chi connectivity index (χ0v) is 18.2. The van der Waals surface area contributed by atoms with E-state index in [1.807, 2.05) is 18.7 Å². The number of aromatic nitrogens is 4. The molecule has 0 aromatic carbocycles. The lowest BCUT2D eigenvalue weighted by Crippen LogP contribution is -2.45. The Morgan fingerprint density at radius 3 is 2.66 bits per heavy atom. The van der Waals surface area contributed by atoms with Gasteiger partial charge in [0.15, 0.2) is 17.7 Å². The van der Waals surface area contributed by atoms with E-state index in [1.54, 1.807) is 0 Å². The molecule has 1 aliphatic heterocycles. The van der Waals surface area contributed by atoms with Crippen molar-refractivity contribution < 1.29 is 24.9 Å². The molecular weight excluding hydrogens is 420 g/mol. The van der Waals surface area contributed by atoms with Crippen LogP contribution in [-0.4, -0.2) is 95.2 Å². The van der Waals surface area contributed by atoms with Crippen molar-refractivity contribution in [1.82, 2.24) is 24.4 Å². The largest absolute Gasteiger partial charge is 0.480 e. The molecule has 9 N–H and O–H groups in total. The van der Waals surface area contributed by atoms with E-state index in [0.717, 1.165) is 0 Å². The lowest BCUT2D eigenvalue weighted by atomic mass is 10.0. The molecule has 1 saturated heterocycles. The Morgan fingerprint density at radius 2 is 2.00 bits per heavy atom. The van der Waals surface area contributed by atoms with Gasteiger partial charge in [-0.3, -0.25) is 9.36 Å². The highest BCUT2D eigenvalue weighted by Gasteiger charge is 2.45. The Kier molecular flexibility index (Phi) is 7.27. The zero-order valence-electron chi connectivity index (χ0n) is 18.2. The Balaban J connectivity index is 1.74. The first-order valence-electron chi connectivity index (χ1n) is 10.4. The molecule has 1 aliphatic rings. The second-order valence-electron chi connectivity index (χ2n) is 8.90. The number of carboxylic acids is 1. The molecule has 1 fully saturated rings. The van der Waals surface area contributed by atoms with E-state index in [9.17, 15) is 15.0 Å². The number of nitrogen functional groups attached to an aromatic ring is 1. The second kappa shape index (κ2) is 9.60. The highest BCUT2D eigenvalue weighted by molar-refractivity contribution is 5.81. The van der Waals surface area contributed by atoms with Crippen LogP contribution in [-0.2, 0) is 9.53 Å². The number of carbonyl (C=O) groups is 1. The van der Waals surface area contributed by atoms with Gasteiger partial charge in [-0.05, 0) is 33.2 Å². The summed E-state index contributed by atoms with van der Waals surface area (Å²) in [5.74, 6) is -0.881. The van der Waals surface area contributed by atoms with Gasteiger partial charge in [0.2, 0.25) is 0 Å². The van der Waals surface area contributed by atoms with Crippen LogP contribution in [0.2, 0.25) is 0 Å². The number of hydrogen-bond donors (Lipinski definition) is 6. The third-order valence-electron chi connectivity index (χ3n) is 5.58. The maximum Gasteiger partial charge on any atom is 0.320 e. The van der Waals surface area contributed by atoms with Gasteiger partial charge in [-0.15, -0.1) is 0 Å². The number of rotatable bonds is 10. The van der Waals surface area contributed by atoms with Gasteiger partial charge in [0, 0.05) is 18.6 Å². The molecule has 2 aromatic rings. The first kappa shape index (κ1) is 24.2. The molecule has 1 unspecified atom stereocenters. The van der Waals surface area contributed by atoms with Gasteiger partial charge in [0.1, 0.15) is 36.2 Å². The molecule has 5 atom stereocenters. The summed E-state index contributed by atoms with van der Waals surface area (Å²) >= 11 is 0. The van der Waals surface area contributed by atoms with Gasteiger partial charge < -0.3 is 42.2 Å². The summed E-state index contributed by atoms with van der Waals surface area (Å²) in [5, 5.41) is 30.4. The molecule has 0 aliphatic carbocycles. The number of fused-ring (bicyclic) bond motifs is 1. The van der Waals surface area contributed by atoms with Crippen molar-refractivity contribution in [2.75, 3.05) is 25.4 Å². The number of aliphatic hydroxyl groups is 2. The molecular formula is C19H32N8O5. The van der Waals surface area contributed by atoms with E-state index in [-0.39, 0.29) is 18.8 Å². The maximum absolute atomic E-state index is 11.1. The number of ether oxygens (including phenoxy) is 1. The quantitative estimate of drug-likeness (QED) is 0.237. The smallest absolute Gasteiger partial charge is 0.320 e. The van der Waals surface area contributed by atoms with E-state index in [1.165, 1.54) is 17.2 Å². The molecule has 0 bridgehead atoms. The summed E-state index contributed by atoms with van der Waals surface area (Å²) in [5.41, 5.74) is 17.9. The Labute approximate surface area is 185 Å². The van der Waals surface area contributed by atoms with E-state index in [0.29, 0.717) is 30.7 Å². The van der Waals surface area contributed by atoms with E-state index in [4.69, 9.17) is 27.0 Å². The molecule has 178 valence electrons. The number of nitrogens with zero attached hydrogens (tertiary/aromatic N) is 5. The van der Waals surface area contributed by atoms with Crippen LogP contribution in [0.4, 0.5) is 5.82 Å². The fraction of sp³-hybridized carbons (Fsp3) is 0.684. The Bertz CT molecular complexity index is 932. The Hall–Kier alpha value is -2.42. The molecule has 0 radical (unpaired) electrons. The number of nitrogens with two attached hydrogens (primary N) is 3. The molecule has 32 heavy (non-hydrogen) atoms. The first-order chi connectivity index (χ1) is 15.0. The zero-order chi connectivity index (χ0) is 23.6. The van der Waals surface area contributed by atoms with Crippen molar-refractivity contribution in [2.24, 2.45) is 11.5 Å². The number of hydrogen-bond acceptors (Lipinski definition) is 11. The number of imidazole rings is 1. The number of anilines is 1. The van der Waals surface area contributed by atoms with Crippen molar-refractivity contribution in [3.8, 4) is 0 Å². The molecule has 2 aromatic heterocycles. The normalized spacial score (nSPS) is 25.0. The van der Waals surface area contributed by atoms with E-state index < -0.39 is 42.1 Å². The third-order valence-corrected chi connectivity index (χ3v) is 5.58. The average molecular weight is 453 g/mol. The van der Waals surface area contributed by atoms with Gasteiger partial charge in [0.25, 0.3) is 0 Å². The topological polar surface area (TPSA) is 212 Å². The predicted octanol–water partition coefficient (Wildman–Crippen LogP) is -1.74. The van der Waals surface area contributed by atoms with Crippen molar-refractivity contribution in [3.05, 3.63) is 12.7 Å². The maximum atomic E-state index is 11.1. The SMILES string of the molecule is CC(C)(N)CCN(CCC(N)C(=O)O)C[C@H]1O[C@@H](n2cnc3c(N)ncnc32)[C@H](O)[C@@H]1O. The van der Waals surface area contributed by atoms with Gasteiger partial charge in [-0.25, -0.2) is 15.0 Å². The molecule has 0 amide bonds. The van der Waals surface area contributed by atoms with E-state index in [2.05, 4.69) is 15.0 Å². The summed E-state index contributed by atoms with van der Waals surface area (Å²) in [7, 11) is 0. The van der Waals surface area contributed by atoms with Gasteiger partial charge in [-0.2, -0.15) is 0 Å². The average Bonchev–Trinajstić information content (AvgIpc) is 3.26. The minimum Gasteiger partial charge on any atom is -0.480 e. The Morgan fingerprint density at radius 1 is 1.28 bits per heavy atom. The van der Waals surface area contributed by atoms with Crippen molar-refractivity contribution >= 4 is 23.0 Å². The lowest BCUT2D eigenvalue weighted by molar-refractivity contribution is -0.138. The second-order valence-corrected chi connectivity index (χ2v) is 8.90. The summed E-state index contributed by atoms with van der Waals surface area (Å²) < 4.78 is 7.51. The summed E-state index contributed by atoms with van der Waals surface area (Å²) in [6, 6.07) is -1.00. The fourth-order valence-electron chi connectivity index (χ4n) is 3.61. The van der Waals surface area contributed by atoms with Crippen LogP contribution in [0.15, 0.2) is 12.7 Å². The van der Waals surface area contributed by atoms with Crippen LogP contribution in [0, 0.1) is 0 Å². The minimum atomic E-state index is -1.23. The highest BCUT2D eigenvalue weighted by atomic mass is 16.6. The van der Waals surface area contributed by atoms with Gasteiger partial charge in [0.05, 0.1) is 6.33 Å². The molecule has 0 saturated carbocycles. The van der Waals surface area contributed by atoms with Crippen LogP contribution >= 0.6 is 0 Å². The van der Waals surface area contributed by atoms with Crippen LogP contribution in [0.25, 0.3) is 11.2 Å². The van der Waals surface area contributed by atoms with Crippen LogP contribution in [0.1, 0.15) is 32.9 Å². The van der Waals surface area contributed by atoms with Crippen LogP contribution < -0.4 is 17.2 Å².